The smallest absolute Gasteiger partial charge is 0.246 e. The van der Waals surface area contributed by atoms with Crippen LogP contribution in [0.3, 0.4) is 0 Å². The summed E-state index contributed by atoms with van der Waals surface area (Å²) in [7, 11) is 0. The predicted octanol–water partition coefficient (Wildman–Crippen LogP) is 4.26. The molecule has 15 heteroatoms. The van der Waals surface area contributed by atoms with Gasteiger partial charge in [-0.3, -0.25) is 24.0 Å². The van der Waals surface area contributed by atoms with E-state index in [0.29, 0.717) is 17.7 Å². The Morgan fingerprint density at radius 1 is 0.983 bits per heavy atom. The van der Waals surface area contributed by atoms with E-state index in [4.69, 9.17) is 9.47 Å². The zero-order valence-corrected chi connectivity index (χ0v) is 34.2. The van der Waals surface area contributed by atoms with Crippen molar-refractivity contribution in [3.63, 3.8) is 0 Å². The van der Waals surface area contributed by atoms with E-state index in [2.05, 4.69) is 31.9 Å². The lowest BCUT2D eigenvalue weighted by Crippen LogP contribution is -2.70. The molecule has 58 heavy (non-hydrogen) atoms. The molecule has 1 heterocycles. The number of hydrogen-bond donors (Lipinski definition) is 5. The maximum absolute atomic E-state index is 17.7. The highest BCUT2D eigenvalue weighted by molar-refractivity contribution is 9.09. The third kappa shape index (κ3) is 6.66. The van der Waals surface area contributed by atoms with Crippen LogP contribution in [0.1, 0.15) is 69.9 Å². The van der Waals surface area contributed by atoms with Gasteiger partial charge in [-0.1, -0.05) is 65.3 Å². The Bertz CT molecular complexity index is 2080. The van der Waals surface area contributed by atoms with Crippen molar-refractivity contribution in [1.29, 1.82) is 0 Å². The molecule has 0 bridgehead atoms. The van der Waals surface area contributed by atoms with E-state index in [9.17, 15) is 34.2 Å². The van der Waals surface area contributed by atoms with Crippen molar-refractivity contribution in [2.45, 2.75) is 101 Å². The van der Waals surface area contributed by atoms with Gasteiger partial charge in [-0.25, -0.2) is 8.78 Å². The van der Waals surface area contributed by atoms with E-state index in [-0.39, 0.29) is 36.1 Å². The minimum Gasteiger partial charge on any atom is -0.390 e. The number of benzene rings is 2. The number of rotatable bonds is 11. The average Bonchev–Trinajstić information content (AvgIpc) is 3.69. The summed E-state index contributed by atoms with van der Waals surface area (Å²) < 4.78 is 46.7. The number of fused-ring (bicyclic) bond motifs is 7. The molecule has 12 atom stereocenters. The molecule has 2 aromatic rings. The largest absolute Gasteiger partial charge is 0.390 e. The van der Waals surface area contributed by atoms with E-state index in [0.717, 1.165) is 17.2 Å². The molecule has 3 saturated carbocycles. The van der Waals surface area contributed by atoms with Crippen molar-refractivity contribution in [1.82, 2.24) is 10.6 Å². The first-order chi connectivity index (χ1) is 27.4. The standard InChI is InChI=1S/C43H48BrF2N3O9/c1-22(47-36(54)20-44)37(55)48-23(2)38(56)49-27-7-5-6-25(15-27)14-24-8-10-26(11-9-24)39-57-35-18-29-30-17-32(45)31-16-28(51)12-13-40(31,3)42(30,46)33(52)19-41(29,4)43(35,58-39)34(53)21-50/h5-13,15-16,22-23,29-30,32-33,35,39,50,52H,14,17-21H2,1-4H3,(H,47,54)(H,48,55)(H,49,56)/t22-,23-,29-,30-,32-,33-,35+,39+,40-,41-,42-,43+/m0/s1. The summed E-state index contributed by atoms with van der Waals surface area (Å²) in [5, 5.41) is 30.0. The third-order valence-corrected chi connectivity index (χ3v) is 13.9. The van der Waals surface area contributed by atoms with E-state index < -0.39 is 101 Å². The number of nitrogens with one attached hydrogen (secondary N) is 3. The number of Topliss-reactive ketones (excluding diaryl/α,β-unsaturated/α-hetero) is 1. The Hall–Kier alpha value is -4.15. The van der Waals surface area contributed by atoms with E-state index >= 15 is 8.78 Å². The minimum atomic E-state index is -2.34. The van der Waals surface area contributed by atoms with E-state index in [1.54, 1.807) is 38.1 Å². The molecular weight excluding hydrogens is 820 g/mol. The molecule has 5 aliphatic rings. The zero-order valence-electron chi connectivity index (χ0n) is 32.6. The Morgan fingerprint density at radius 2 is 1.69 bits per heavy atom. The van der Waals surface area contributed by atoms with Crippen molar-refractivity contribution in [2.24, 2.45) is 22.7 Å². The number of carbonyl (C=O) groups excluding carboxylic acids is 5. The topological polar surface area (TPSA) is 180 Å². The van der Waals surface area contributed by atoms with Gasteiger partial charge in [-0.15, -0.1) is 0 Å². The molecule has 7 rings (SSSR count). The highest BCUT2D eigenvalue weighted by atomic mass is 79.9. The lowest BCUT2D eigenvalue weighted by Gasteiger charge is -2.63. The maximum Gasteiger partial charge on any atom is 0.246 e. The molecule has 5 N–H and O–H groups in total. The number of aliphatic hydroxyl groups excluding tert-OH is 2. The second-order valence-corrected chi connectivity index (χ2v) is 17.3. The lowest BCUT2D eigenvalue weighted by molar-refractivity contribution is -0.235. The molecule has 3 amide bonds. The van der Waals surface area contributed by atoms with Crippen LogP contribution in [0.5, 0.6) is 0 Å². The van der Waals surface area contributed by atoms with Crippen molar-refractivity contribution < 1.29 is 52.4 Å². The lowest BCUT2D eigenvalue weighted by atomic mass is 9.44. The Labute approximate surface area is 343 Å². The number of carbonyl (C=O) groups is 5. The van der Waals surface area contributed by atoms with Crippen molar-refractivity contribution >= 4 is 50.9 Å². The van der Waals surface area contributed by atoms with Crippen LogP contribution in [-0.4, -0.2) is 93.2 Å². The summed E-state index contributed by atoms with van der Waals surface area (Å²) in [6.45, 7) is 5.44. The second kappa shape index (κ2) is 15.5. The normalized spacial score (nSPS) is 35.7. The van der Waals surface area contributed by atoms with Crippen LogP contribution >= 0.6 is 15.9 Å². The molecule has 12 nitrogen and oxygen atoms in total. The Morgan fingerprint density at radius 3 is 2.38 bits per heavy atom. The Balaban J connectivity index is 1.04. The molecule has 4 fully saturated rings. The number of amides is 3. The zero-order chi connectivity index (χ0) is 41.9. The van der Waals surface area contributed by atoms with Crippen LogP contribution in [0.4, 0.5) is 14.5 Å². The summed E-state index contributed by atoms with van der Waals surface area (Å²) in [6.07, 6.45) is -1.39. The molecule has 2 aromatic carbocycles. The maximum atomic E-state index is 17.7. The van der Waals surface area contributed by atoms with Gasteiger partial charge in [0, 0.05) is 28.0 Å². The number of alkyl halides is 3. The van der Waals surface area contributed by atoms with Crippen LogP contribution in [0, 0.1) is 22.7 Å². The number of anilines is 1. The molecular formula is C43H48BrF2N3O9. The fourth-order valence-corrected chi connectivity index (χ4v) is 10.7. The van der Waals surface area contributed by atoms with Gasteiger partial charge in [0.1, 0.15) is 24.9 Å². The third-order valence-electron chi connectivity index (χ3n) is 13.4. The van der Waals surface area contributed by atoms with Crippen LogP contribution in [0.2, 0.25) is 0 Å². The highest BCUT2D eigenvalue weighted by Crippen LogP contribution is 2.72. The van der Waals surface area contributed by atoms with Gasteiger partial charge in [-0.2, -0.15) is 0 Å². The van der Waals surface area contributed by atoms with Gasteiger partial charge in [-0.05, 0) is 93.4 Å². The van der Waals surface area contributed by atoms with Gasteiger partial charge in [0.25, 0.3) is 0 Å². The van der Waals surface area contributed by atoms with Gasteiger partial charge < -0.3 is 35.6 Å². The van der Waals surface area contributed by atoms with Crippen molar-refractivity contribution in [3.8, 4) is 0 Å². The highest BCUT2D eigenvalue weighted by Gasteiger charge is 2.80. The first kappa shape index (κ1) is 42.0. The van der Waals surface area contributed by atoms with Crippen LogP contribution in [0.25, 0.3) is 0 Å². The quantitative estimate of drug-likeness (QED) is 0.207. The molecule has 4 aliphatic carbocycles. The molecule has 0 spiro atoms. The van der Waals surface area contributed by atoms with Gasteiger partial charge >= 0.3 is 0 Å². The number of aliphatic hydroxyl groups is 2. The molecule has 310 valence electrons. The summed E-state index contributed by atoms with van der Waals surface area (Å²) in [5.41, 5.74) is -3.98. The van der Waals surface area contributed by atoms with E-state index in [1.807, 2.05) is 24.3 Å². The summed E-state index contributed by atoms with van der Waals surface area (Å²) in [5.74, 6) is -4.09. The first-order valence-electron chi connectivity index (χ1n) is 19.5. The van der Waals surface area contributed by atoms with Crippen LogP contribution < -0.4 is 16.0 Å². The fourth-order valence-electron chi connectivity index (χ4n) is 10.5. The predicted molar refractivity (Wildman–Crippen MR) is 211 cm³/mol. The molecule has 0 unspecified atom stereocenters. The molecule has 0 aromatic heterocycles. The minimum absolute atomic E-state index is 0.00822. The van der Waals surface area contributed by atoms with Gasteiger partial charge in [0.2, 0.25) is 17.7 Å². The number of halogens is 3. The van der Waals surface area contributed by atoms with Crippen LogP contribution in [0.15, 0.2) is 72.3 Å². The number of allylic oxidation sites excluding steroid dienone is 4. The fraction of sp³-hybridized carbons (Fsp3) is 0.512. The summed E-state index contributed by atoms with van der Waals surface area (Å²) in [4.78, 5) is 63.0. The molecule has 0 radical (unpaired) electrons. The van der Waals surface area contributed by atoms with Gasteiger partial charge in [0.15, 0.2) is 29.1 Å². The Kier molecular flexibility index (Phi) is 11.2. The molecule has 1 aliphatic heterocycles. The van der Waals surface area contributed by atoms with Crippen molar-refractivity contribution in [3.05, 3.63) is 89.0 Å². The second-order valence-electron chi connectivity index (χ2n) is 16.7. The molecule has 1 saturated heterocycles. The SMILES string of the molecule is C[C@H](NC(=O)CBr)C(=O)N[C@@H](C)C(=O)Nc1cccc(Cc2ccc([C@@H]3O[C@@H]4C[C@H]5[C@@H]6C[C@H](F)C7=CC(=O)C=C[C@]7(C)[C@@]6(F)[C@@H](O)C[C@]5(C)[C@]4(C(=O)CO)O3)cc2)c1. The first-order valence-corrected chi connectivity index (χ1v) is 20.6. The number of hydrogen-bond acceptors (Lipinski definition) is 9. The van der Waals surface area contributed by atoms with Crippen LogP contribution in [-0.2, 0) is 39.9 Å². The number of ether oxygens (including phenoxy) is 2. The summed E-state index contributed by atoms with van der Waals surface area (Å²) >= 11 is 3.03. The summed E-state index contributed by atoms with van der Waals surface area (Å²) in [6, 6.07) is 12.9. The van der Waals surface area contributed by atoms with E-state index in [1.165, 1.54) is 26.0 Å². The average molecular weight is 869 g/mol. The van der Waals surface area contributed by atoms with Gasteiger partial charge in [0.05, 0.1) is 17.5 Å². The van der Waals surface area contributed by atoms with Crippen molar-refractivity contribution in [2.75, 3.05) is 17.3 Å². The number of ketones is 2. The monoisotopic (exact) mass is 867 g/mol.